The van der Waals surface area contributed by atoms with E-state index >= 15 is 0 Å². The van der Waals surface area contributed by atoms with Crippen LogP contribution in [0.4, 0.5) is 13.2 Å². The van der Waals surface area contributed by atoms with Crippen LogP contribution in [0.1, 0.15) is 50.8 Å². The number of nitrogens with one attached hydrogen (secondary N) is 1. The molecule has 0 fully saturated rings. The van der Waals surface area contributed by atoms with E-state index in [1.165, 1.54) is 12.1 Å². The van der Waals surface area contributed by atoms with Gasteiger partial charge in [0.25, 0.3) is 0 Å². The van der Waals surface area contributed by atoms with Gasteiger partial charge in [0.1, 0.15) is 0 Å². The lowest BCUT2D eigenvalue weighted by atomic mass is 9.93. The van der Waals surface area contributed by atoms with Crippen molar-refractivity contribution >= 4 is 15.9 Å². The SMILES string of the molecule is CCNC(CC(C)CC)c1cc(C(F)(F)F)ccc1Br. The van der Waals surface area contributed by atoms with Crippen LogP contribution < -0.4 is 5.32 Å². The molecule has 0 bridgehead atoms. The summed E-state index contributed by atoms with van der Waals surface area (Å²) in [5.41, 5.74) is 0.0877. The van der Waals surface area contributed by atoms with Gasteiger partial charge in [0, 0.05) is 10.5 Å². The normalized spacial score (nSPS) is 15.2. The number of hydrogen-bond donors (Lipinski definition) is 1. The fourth-order valence-corrected chi connectivity index (χ4v) is 2.65. The third-order valence-electron chi connectivity index (χ3n) is 3.48. The van der Waals surface area contributed by atoms with Crippen molar-refractivity contribution < 1.29 is 13.2 Å². The van der Waals surface area contributed by atoms with Crippen LogP contribution in [0.3, 0.4) is 0 Å². The fourth-order valence-electron chi connectivity index (χ4n) is 2.12. The van der Waals surface area contributed by atoms with E-state index < -0.39 is 11.7 Å². The summed E-state index contributed by atoms with van der Waals surface area (Å²) in [4.78, 5) is 0. The van der Waals surface area contributed by atoms with Gasteiger partial charge in [0.05, 0.1) is 5.56 Å². The zero-order valence-electron chi connectivity index (χ0n) is 12.0. The molecule has 114 valence electrons. The Kier molecular flexibility index (Phi) is 6.52. The predicted molar refractivity (Wildman–Crippen MR) is 79.6 cm³/mol. The quantitative estimate of drug-likeness (QED) is 0.707. The molecule has 0 aliphatic heterocycles. The summed E-state index contributed by atoms with van der Waals surface area (Å²) in [5, 5.41) is 3.29. The predicted octanol–water partition coefficient (Wildman–Crippen LogP) is 5.55. The van der Waals surface area contributed by atoms with E-state index in [2.05, 4.69) is 35.1 Å². The molecule has 0 aliphatic carbocycles. The standard InChI is InChI=1S/C15H21BrF3N/c1-4-10(3)8-14(20-5-2)12-9-11(15(17,18)19)6-7-13(12)16/h6-7,9-10,14,20H,4-5,8H2,1-3H3. The number of alkyl halides is 3. The lowest BCUT2D eigenvalue weighted by molar-refractivity contribution is -0.137. The first-order valence-electron chi connectivity index (χ1n) is 6.89. The Morgan fingerprint density at radius 3 is 2.40 bits per heavy atom. The largest absolute Gasteiger partial charge is 0.416 e. The van der Waals surface area contributed by atoms with E-state index in [4.69, 9.17) is 0 Å². The van der Waals surface area contributed by atoms with Crippen LogP contribution in [-0.2, 0) is 6.18 Å². The zero-order chi connectivity index (χ0) is 15.3. The first-order valence-corrected chi connectivity index (χ1v) is 7.68. The summed E-state index contributed by atoms with van der Waals surface area (Å²) >= 11 is 3.37. The van der Waals surface area contributed by atoms with Gasteiger partial charge in [-0.2, -0.15) is 13.2 Å². The van der Waals surface area contributed by atoms with Crippen LogP contribution in [0.25, 0.3) is 0 Å². The highest BCUT2D eigenvalue weighted by Crippen LogP contribution is 2.35. The highest BCUT2D eigenvalue weighted by molar-refractivity contribution is 9.10. The van der Waals surface area contributed by atoms with Crippen LogP contribution in [0.2, 0.25) is 0 Å². The molecule has 2 unspecified atom stereocenters. The maximum atomic E-state index is 12.8. The Morgan fingerprint density at radius 1 is 1.25 bits per heavy atom. The molecule has 1 N–H and O–H groups in total. The Bertz CT molecular complexity index is 432. The molecule has 1 rings (SSSR count). The van der Waals surface area contributed by atoms with Crippen LogP contribution >= 0.6 is 15.9 Å². The molecule has 1 nitrogen and oxygen atoms in total. The Labute approximate surface area is 127 Å². The second-order valence-corrected chi connectivity index (χ2v) is 5.95. The van der Waals surface area contributed by atoms with E-state index in [0.717, 1.165) is 29.9 Å². The molecule has 0 amide bonds. The molecule has 0 heterocycles. The van der Waals surface area contributed by atoms with Gasteiger partial charge in [-0.05, 0) is 42.6 Å². The number of rotatable bonds is 6. The smallest absolute Gasteiger partial charge is 0.310 e. The van der Waals surface area contributed by atoms with Crippen molar-refractivity contribution in [3.63, 3.8) is 0 Å². The van der Waals surface area contributed by atoms with Crippen molar-refractivity contribution in [2.24, 2.45) is 5.92 Å². The average Bonchev–Trinajstić information content (AvgIpc) is 2.37. The third kappa shape index (κ3) is 4.77. The van der Waals surface area contributed by atoms with Crippen LogP contribution in [0, 0.1) is 5.92 Å². The van der Waals surface area contributed by atoms with Crippen LogP contribution in [-0.4, -0.2) is 6.54 Å². The first kappa shape index (κ1) is 17.5. The molecule has 1 aromatic carbocycles. The Morgan fingerprint density at radius 2 is 1.90 bits per heavy atom. The Hall–Kier alpha value is -0.550. The van der Waals surface area contributed by atoms with Gasteiger partial charge in [0.15, 0.2) is 0 Å². The summed E-state index contributed by atoms with van der Waals surface area (Å²) in [6, 6.07) is 3.78. The monoisotopic (exact) mass is 351 g/mol. The molecule has 0 spiro atoms. The fraction of sp³-hybridized carbons (Fsp3) is 0.600. The van der Waals surface area contributed by atoms with E-state index in [0.29, 0.717) is 11.5 Å². The van der Waals surface area contributed by atoms with E-state index in [-0.39, 0.29) is 6.04 Å². The molecule has 0 saturated carbocycles. The second kappa shape index (κ2) is 7.46. The highest BCUT2D eigenvalue weighted by Gasteiger charge is 2.31. The molecular weight excluding hydrogens is 331 g/mol. The van der Waals surface area contributed by atoms with Gasteiger partial charge < -0.3 is 5.32 Å². The maximum absolute atomic E-state index is 12.8. The summed E-state index contributed by atoms with van der Waals surface area (Å²) in [5.74, 6) is 0.459. The second-order valence-electron chi connectivity index (χ2n) is 5.09. The van der Waals surface area contributed by atoms with Gasteiger partial charge in [-0.15, -0.1) is 0 Å². The van der Waals surface area contributed by atoms with Gasteiger partial charge in [-0.25, -0.2) is 0 Å². The Balaban J connectivity index is 3.11. The van der Waals surface area contributed by atoms with E-state index in [1.807, 2.05) is 6.92 Å². The molecule has 0 radical (unpaired) electrons. The molecule has 5 heteroatoms. The minimum atomic E-state index is -4.30. The maximum Gasteiger partial charge on any atom is 0.416 e. The van der Waals surface area contributed by atoms with E-state index in [1.54, 1.807) is 0 Å². The van der Waals surface area contributed by atoms with Crippen LogP contribution in [0.15, 0.2) is 22.7 Å². The number of hydrogen-bond acceptors (Lipinski definition) is 1. The van der Waals surface area contributed by atoms with E-state index in [9.17, 15) is 13.2 Å². The lowest BCUT2D eigenvalue weighted by Gasteiger charge is -2.23. The molecule has 20 heavy (non-hydrogen) atoms. The molecule has 2 atom stereocenters. The third-order valence-corrected chi connectivity index (χ3v) is 4.21. The van der Waals surface area contributed by atoms with Gasteiger partial charge in [-0.3, -0.25) is 0 Å². The molecule has 1 aromatic rings. The highest BCUT2D eigenvalue weighted by atomic mass is 79.9. The summed E-state index contributed by atoms with van der Waals surface area (Å²) in [7, 11) is 0. The van der Waals surface area contributed by atoms with Gasteiger partial charge in [0.2, 0.25) is 0 Å². The van der Waals surface area contributed by atoms with Crippen molar-refractivity contribution in [3.05, 3.63) is 33.8 Å². The summed E-state index contributed by atoms with van der Waals surface area (Å²) in [6.07, 6.45) is -2.47. The van der Waals surface area contributed by atoms with Crippen molar-refractivity contribution in [3.8, 4) is 0 Å². The molecule has 0 aliphatic rings. The van der Waals surface area contributed by atoms with Crippen LogP contribution in [0.5, 0.6) is 0 Å². The summed E-state index contributed by atoms with van der Waals surface area (Å²) in [6.45, 7) is 6.90. The van der Waals surface area contributed by atoms with Crippen molar-refractivity contribution in [2.45, 2.75) is 45.8 Å². The van der Waals surface area contributed by atoms with Gasteiger partial charge >= 0.3 is 6.18 Å². The van der Waals surface area contributed by atoms with Crippen molar-refractivity contribution in [1.82, 2.24) is 5.32 Å². The average molecular weight is 352 g/mol. The van der Waals surface area contributed by atoms with Crippen molar-refractivity contribution in [2.75, 3.05) is 6.54 Å². The zero-order valence-corrected chi connectivity index (χ0v) is 13.6. The number of halogens is 4. The first-order chi connectivity index (χ1) is 9.29. The minimum absolute atomic E-state index is 0.0633. The summed E-state index contributed by atoms with van der Waals surface area (Å²) < 4.78 is 39.2. The van der Waals surface area contributed by atoms with Gasteiger partial charge in [-0.1, -0.05) is 43.1 Å². The number of benzene rings is 1. The topological polar surface area (TPSA) is 12.0 Å². The molecule has 0 aromatic heterocycles. The lowest BCUT2D eigenvalue weighted by Crippen LogP contribution is -2.23. The molecule has 0 saturated heterocycles. The van der Waals surface area contributed by atoms with Crippen molar-refractivity contribution in [1.29, 1.82) is 0 Å². The molecular formula is C15H21BrF3N. The minimum Gasteiger partial charge on any atom is -0.310 e.